The first-order valence-electron chi connectivity index (χ1n) is 10.5. The summed E-state index contributed by atoms with van der Waals surface area (Å²) in [4.78, 5) is 28.2. The van der Waals surface area contributed by atoms with Crippen LogP contribution in [-0.4, -0.2) is 73.6 Å². The smallest absolute Gasteiger partial charge is 0.254 e. The summed E-state index contributed by atoms with van der Waals surface area (Å²) >= 11 is 0. The van der Waals surface area contributed by atoms with Gasteiger partial charge in [-0.2, -0.15) is 0 Å². The summed E-state index contributed by atoms with van der Waals surface area (Å²) < 4.78 is 6.10. The highest BCUT2D eigenvalue weighted by molar-refractivity contribution is 6.06. The fraction of sp³-hybridized carbons (Fsp3) is 0.375. The van der Waals surface area contributed by atoms with E-state index < -0.39 is 0 Å². The summed E-state index contributed by atoms with van der Waals surface area (Å²) in [6, 6.07) is 13.8. The molecule has 0 radical (unpaired) electrons. The molecule has 1 saturated heterocycles. The predicted molar refractivity (Wildman–Crippen MR) is 122 cm³/mol. The molecule has 1 unspecified atom stereocenters. The second kappa shape index (κ2) is 8.99. The zero-order valence-electron chi connectivity index (χ0n) is 18.6. The molecule has 0 bridgehead atoms. The first-order chi connectivity index (χ1) is 14.9. The lowest BCUT2D eigenvalue weighted by molar-refractivity contribution is -0.0348. The molecular formula is C24H29N5O2. The Morgan fingerprint density at radius 3 is 2.74 bits per heavy atom. The number of anilines is 1. The second-order valence-electron chi connectivity index (χ2n) is 8.29. The molecule has 3 heterocycles. The van der Waals surface area contributed by atoms with Crippen LogP contribution in [0.5, 0.6) is 0 Å². The van der Waals surface area contributed by atoms with Crippen LogP contribution < -0.4 is 4.90 Å². The Kier molecular flexibility index (Phi) is 6.15. The minimum absolute atomic E-state index is 0.0292. The number of benzene rings is 1. The van der Waals surface area contributed by atoms with Crippen LogP contribution in [-0.2, 0) is 11.3 Å². The number of aromatic nitrogens is 2. The van der Waals surface area contributed by atoms with E-state index in [1.54, 1.807) is 19.0 Å². The lowest BCUT2D eigenvalue weighted by Gasteiger charge is -2.33. The number of hydrogen-bond donors (Lipinski definition) is 0. The van der Waals surface area contributed by atoms with Gasteiger partial charge in [0, 0.05) is 65.0 Å². The normalized spacial score (nSPS) is 17.0. The third kappa shape index (κ3) is 4.52. The number of pyridine rings is 2. The van der Waals surface area contributed by atoms with Gasteiger partial charge < -0.3 is 14.5 Å². The van der Waals surface area contributed by atoms with Gasteiger partial charge in [-0.3, -0.25) is 9.69 Å². The molecule has 162 valence electrons. The van der Waals surface area contributed by atoms with Crippen LogP contribution in [0.15, 0.2) is 48.7 Å². The van der Waals surface area contributed by atoms with Crippen LogP contribution in [0, 0.1) is 0 Å². The zero-order valence-corrected chi connectivity index (χ0v) is 18.6. The number of fused-ring (bicyclic) bond motifs is 1. The Labute approximate surface area is 183 Å². The number of carbonyl (C=O) groups excluding carboxylic acids is 1. The first-order valence-corrected chi connectivity index (χ1v) is 10.5. The number of rotatable bonds is 5. The number of para-hydroxylation sites is 1. The molecule has 1 atom stereocenters. The number of hydrogen-bond acceptors (Lipinski definition) is 6. The molecule has 4 rings (SSSR count). The van der Waals surface area contributed by atoms with Gasteiger partial charge in [-0.1, -0.05) is 24.3 Å². The van der Waals surface area contributed by atoms with Crippen LogP contribution in [0.4, 0.5) is 5.82 Å². The molecule has 3 aromatic rings. The highest BCUT2D eigenvalue weighted by Gasteiger charge is 2.26. The predicted octanol–water partition coefficient (Wildman–Crippen LogP) is 2.97. The Bertz CT molecular complexity index is 1080. The number of amides is 1. The highest BCUT2D eigenvalue weighted by atomic mass is 16.5. The van der Waals surface area contributed by atoms with Crippen molar-refractivity contribution in [2.45, 2.75) is 12.6 Å². The Morgan fingerprint density at radius 1 is 1.16 bits per heavy atom. The number of nitrogens with zero attached hydrogens (tertiary/aromatic N) is 5. The summed E-state index contributed by atoms with van der Waals surface area (Å²) in [5.74, 6) is 0.951. The molecule has 0 aliphatic carbocycles. The molecule has 0 saturated carbocycles. The van der Waals surface area contributed by atoms with E-state index in [0.29, 0.717) is 18.7 Å². The Hall–Kier alpha value is -3.03. The van der Waals surface area contributed by atoms with Crippen molar-refractivity contribution in [2.24, 2.45) is 0 Å². The summed E-state index contributed by atoms with van der Waals surface area (Å²) in [5, 5.41) is 0.864. The summed E-state index contributed by atoms with van der Waals surface area (Å²) in [6.07, 6.45) is 1.63. The van der Waals surface area contributed by atoms with Crippen molar-refractivity contribution in [3.63, 3.8) is 0 Å². The van der Waals surface area contributed by atoms with Gasteiger partial charge in [0.05, 0.1) is 23.4 Å². The molecule has 0 N–H and O–H groups in total. The van der Waals surface area contributed by atoms with Crippen molar-refractivity contribution < 1.29 is 9.53 Å². The van der Waals surface area contributed by atoms with Gasteiger partial charge in [0.15, 0.2) is 0 Å². The van der Waals surface area contributed by atoms with Crippen molar-refractivity contribution in [3.05, 3.63) is 65.5 Å². The van der Waals surface area contributed by atoms with E-state index in [4.69, 9.17) is 9.72 Å². The van der Waals surface area contributed by atoms with E-state index in [9.17, 15) is 4.79 Å². The fourth-order valence-electron chi connectivity index (χ4n) is 4.00. The molecule has 31 heavy (non-hydrogen) atoms. The minimum atomic E-state index is -0.188. The van der Waals surface area contributed by atoms with E-state index in [2.05, 4.69) is 16.0 Å². The molecule has 1 fully saturated rings. The minimum Gasteiger partial charge on any atom is -0.369 e. The average molecular weight is 420 g/mol. The van der Waals surface area contributed by atoms with Gasteiger partial charge in [0.2, 0.25) is 0 Å². The molecule has 7 nitrogen and oxygen atoms in total. The van der Waals surface area contributed by atoms with Crippen LogP contribution in [0.25, 0.3) is 10.9 Å². The van der Waals surface area contributed by atoms with E-state index in [1.165, 1.54) is 5.56 Å². The van der Waals surface area contributed by atoms with Crippen LogP contribution >= 0.6 is 0 Å². The lowest BCUT2D eigenvalue weighted by Crippen LogP contribution is -2.38. The number of carbonyl (C=O) groups is 1. The van der Waals surface area contributed by atoms with Gasteiger partial charge in [0.1, 0.15) is 11.9 Å². The third-order valence-corrected chi connectivity index (χ3v) is 5.54. The number of morpholine rings is 1. The molecule has 0 spiro atoms. The maximum atomic E-state index is 12.8. The first kappa shape index (κ1) is 21.2. The van der Waals surface area contributed by atoms with Crippen molar-refractivity contribution in [3.8, 4) is 0 Å². The molecule has 1 amide bonds. The maximum Gasteiger partial charge on any atom is 0.254 e. The van der Waals surface area contributed by atoms with Crippen molar-refractivity contribution in [2.75, 3.05) is 52.8 Å². The van der Waals surface area contributed by atoms with E-state index in [-0.39, 0.29) is 12.0 Å². The Balaban J connectivity index is 1.62. The van der Waals surface area contributed by atoms with Gasteiger partial charge >= 0.3 is 0 Å². The highest BCUT2D eigenvalue weighted by Crippen LogP contribution is 2.28. The molecule has 2 aromatic heterocycles. The quantitative estimate of drug-likeness (QED) is 0.634. The van der Waals surface area contributed by atoms with Crippen molar-refractivity contribution in [1.82, 2.24) is 19.8 Å². The van der Waals surface area contributed by atoms with Crippen LogP contribution in [0.2, 0.25) is 0 Å². The fourth-order valence-corrected chi connectivity index (χ4v) is 4.00. The molecule has 1 aliphatic heterocycles. The van der Waals surface area contributed by atoms with E-state index in [1.807, 2.05) is 61.6 Å². The standard InChI is InChI=1S/C24H29N5O2/c1-27(2)23-17(8-7-11-25-23)15-29-12-13-31-22(16-29)21-14-19(24(30)28(3)4)18-9-5-6-10-20(18)26-21/h5-11,14,22H,12-13,15-16H2,1-4H3. The molecule has 1 aliphatic rings. The largest absolute Gasteiger partial charge is 0.369 e. The maximum absolute atomic E-state index is 12.8. The number of ether oxygens (including phenoxy) is 1. The van der Waals surface area contributed by atoms with E-state index >= 15 is 0 Å². The lowest BCUT2D eigenvalue weighted by atomic mass is 10.0. The van der Waals surface area contributed by atoms with Crippen molar-refractivity contribution >= 4 is 22.6 Å². The SMILES string of the molecule is CN(C)C(=O)c1cc(C2CN(Cc3cccnc3N(C)C)CCO2)nc2ccccc12. The van der Waals surface area contributed by atoms with Gasteiger partial charge in [-0.15, -0.1) is 0 Å². The third-order valence-electron chi connectivity index (χ3n) is 5.54. The van der Waals surface area contributed by atoms with E-state index in [0.717, 1.165) is 35.5 Å². The van der Waals surface area contributed by atoms with Crippen molar-refractivity contribution in [1.29, 1.82) is 0 Å². The average Bonchev–Trinajstić information content (AvgIpc) is 2.78. The molecule has 7 heteroatoms. The molecule has 1 aromatic carbocycles. The van der Waals surface area contributed by atoms with Gasteiger partial charge in [-0.25, -0.2) is 9.97 Å². The van der Waals surface area contributed by atoms with Crippen LogP contribution in [0.1, 0.15) is 27.7 Å². The summed E-state index contributed by atoms with van der Waals surface area (Å²) in [6.45, 7) is 2.96. The monoisotopic (exact) mass is 419 g/mol. The zero-order chi connectivity index (χ0) is 22.0. The second-order valence-corrected chi connectivity index (χ2v) is 8.29. The van der Waals surface area contributed by atoms with Gasteiger partial charge in [0.25, 0.3) is 5.91 Å². The van der Waals surface area contributed by atoms with Crippen LogP contribution in [0.3, 0.4) is 0 Å². The Morgan fingerprint density at radius 2 is 1.97 bits per heavy atom. The summed E-state index contributed by atoms with van der Waals surface area (Å²) in [5.41, 5.74) is 3.46. The molecular weight excluding hydrogens is 390 g/mol. The van der Waals surface area contributed by atoms with Gasteiger partial charge in [-0.05, 0) is 18.2 Å². The topological polar surface area (TPSA) is 61.8 Å². The summed E-state index contributed by atoms with van der Waals surface area (Å²) in [7, 11) is 7.56.